The average Bonchev–Trinajstić information content (AvgIpc) is 2.68. The van der Waals surface area contributed by atoms with E-state index in [1.807, 2.05) is 32.0 Å². The summed E-state index contributed by atoms with van der Waals surface area (Å²) in [5.41, 5.74) is 1.29. The fourth-order valence-electron chi connectivity index (χ4n) is 2.91. The quantitative estimate of drug-likeness (QED) is 0.176. The zero-order chi connectivity index (χ0) is 23.6. The lowest BCUT2D eigenvalue weighted by molar-refractivity contribution is -0.385. The summed E-state index contributed by atoms with van der Waals surface area (Å²) in [6.45, 7) is 3.88. The summed E-state index contributed by atoms with van der Waals surface area (Å²) in [5.74, 6) is -0.156. The van der Waals surface area contributed by atoms with Gasteiger partial charge in [-0.15, -0.1) is 0 Å². The van der Waals surface area contributed by atoms with Gasteiger partial charge in [0.05, 0.1) is 20.6 Å². The van der Waals surface area contributed by atoms with E-state index < -0.39 is 22.4 Å². The first-order valence-corrected chi connectivity index (χ1v) is 10.7. The van der Waals surface area contributed by atoms with Crippen LogP contribution in [0.15, 0.2) is 62.5 Å². The molecule has 0 heterocycles. The lowest BCUT2D eigenvalue weighted by Gasteiger charge is -2.13. The van der Waals surface area contributed by atoms with Gasteiger partial charge in [0.25, 0.3) is 0 Å². The van der Waals surface area contributed by atoms with Crippen molar-refractivity contribution in [2.24, 2.45) is 4.99 Å². The highest BCUT2D eigenvalue weighted by Gasteiger charge is 2.33. The number of ether oxygens (including phenoxy) is 1. The van der Waals surface area contributed by atoms with Crippen LogP contribution >= 0.6 is 31.9 Å². The van der Waals surface area contributed by atoms with Crippen molar-refractivity contribution in [3.63, 3.8) is 0 Å². The summed E-state index contributed by atoms with van der Waals surface area (Å²) < 4.78 is 45.8. The zero-order valence-corrected chi connectivity index (χ0v) is 19.9. The number of rotatable bonds is 5. The minimum Gasteiger partial charge on any atom is -0.448 e. The van der Waals surface area contributed by atoms with Crippen molar-refractivity contribution < 1.29 is 22.8 Å². The van der Waals surface area contributed by atoms with Crippen LogP contribution in [0.5, 0.6) is 11.5 Å². The van der Waals surface area contributed by atoms with Crippen LogP contribution in [-0.2, 0) is 6.18 Å². The number of aryl methyl sites for hydroxylation is 2. The van der Waals surface area contributed by atoms with Crippen molar-refractivity contribution in [3.8, 4) is 11.5 Å². The molecule has 0 amide bonds. The molecule has 0 bridgehead atoms. The highest BCUT2D eigenvalue weighted by atomic mass is 79.9. The number of nitro benzene ring substituents is 1. The molecule has 0 fully saturated rings. The first-order valence-electron chi connectivity index (χ1n) is 9.09. The van der Waals surface area contributed by atoms with Crippen LogP contribution in [0.4, 0.5) is 24.5 Å². The lowest BCUT2D eigenvalue weighted by atomic mass is 10.1. The second-order valence-corrected chi connectivity index (χ2v) is 8.66. The Hall–Kier alpha value is -2.72. The molecule has 166 valence electrons. The molecule has 3 aromatic rings. The van der Waals surface area contributed by atoms with Crippen LogP contribution < -0.4 is 4.74 Å². The average molecular weight is 572 g/mol. The summed E-state index contributed by atoms with van der Waals surface area (Å²) in [5, 5.41) is 11.4. The van der Waals surface area contributed by atoms with Crippen molar-refractivity contribution >= 4 is 49.4 Å². The maximum Gasteiger partial charge on any atom is 0.416 e. The van der Waals surface area contributed by atoms with E-state index in [4.69, 9.17) is 4.74 Å². The maximum absolute atomic E-state index is 13.0. The first-order chi connectivity index (χ1) is 15.0. The van der Waals surface area contributed by atoms with Gasteiger partial charge in [0.1, 0.15) is 0 Å². The number of halogens is 5. The Morgan fingerprint density at radius 3 is 2.41 bits per heavy atom. The minimum absolute atomic E-state index is 0.171. The van der Waals surface area contributed by atoms with Gasteiger partial charge >= 0.3 is 11.9 Å². The van der Waals surface area contributed by atoms with E-state index in [9.17, 15) is 23.3 Å². The molecule has 0 aliphatic carbocycles. The second-order valence-electron chi connectivity index (χ2n) is 6.89. The Kier molecular flexibility index (Phi) is 7.04. The zero-order valence-electron chi connectivity index (χ0n) is 16.7. The normalized spacial score (nSPS) is 11.7. The number of benzene rings is 3. The smallest absolute Gasteiger partial charge is 0.416 e. The van der Waals surface area contributed by atoms with E-state index in [0.29, 0.717) is 20.6 Å². The van der Waals surface area contributed by atoms with E-state index in [1.54, 1.807) is 12.1 Å². The Morgan fingerprint density at radius 1 is 1.06 bits per heavy atom. The number of hydrogen-bond donors (Lipinski definition) is 0. The van der Waals surface area contributed by atoms with E-state index in [2.05, 4.69) is 36.9 Å². The van der Waals surface area contributed by atoms with Gasteiger partial charge in [-0.05, 0) is 65.7 Å². The third kappa shape index (κ3) is 5.55. The summed E-state index contributed by atoms with van der Waals surface area (Å²) in [6, 6.07) is 11.2. The Morgan fingerprint density at radius 2 is 1.78 bits per heavy atom. The number of nitro groups is 1. The van der Waals surface area contributed by atoms with E-state index in [-0.39, 0.29) is 11.5 Å². The standard InChI is InChI=1S/C22H15Br2F3N2O3/c1-12-3-5-18(13(2)7-12)28-11-14-8-16(23)10-17(24)21(14)32-20-6-4-15(22(25,26)27)9-19(20)29(30)31/h3-11H,1-2H3. The van der Waals surface area contributed by atoms with Crippen molar-refractivity contribution in [2.45, 2.75) is 20.0 Å². The van der Waals surface area contributed by atoms with E-state index in [1.165, 1.54) is 6.21 Å². The molecule has 0 radical (unpaired) electrons. The van der Waals surface area contributed by atoms with Crippen LogP contribution in [-0.4, -0.2) is 11.1 Å². The maximum atomic E-state index is 13.0. The second kappa shape index (κ2) is 9.41. The summed E-state index contributed by atoms with van der Waals surface area (Å²) in [7, 11) is 0. The van der Waals surface area contributed by atoms with Gasteiger partial charge in [0, 0.05) is 22.3 Å². The molecule has 3 rings (SSSR count). The Bertz CT molecular complexity index is 1230. The lowest BCUT2D eigenvalue weighted by Crippen LogP contribution is -2.06. The summed E-state index contributed by atoms with van der Waals surface area (Å²) in [6.07, 6.45) is -3.19. The molecule has 0 spiro atoms. The minimum atomic E-state index is -4.72. The van der Waals surface area contributed by atoms with Crippen LogP contribution in [0.3, 0.4) is 0 Å². The van der Waals surface area contributed by atoms with Gasteiger partial charge in [0.15, 0.2) is 5.75 Å². The van der Waals surface area contributed by atoms with Gasteiger partial charge in [-0.2, -0.15) is 13.2 Å². The van der Waals surface area contributed by atoms with Crippen molar-refractivity contribution in [2.75, 3.05) is 0 Å². The topological polar surface area (TPSA) is 64.7 Å². The Balaban J connectivity index is 2.06. The summed E-state index contributed by atoms with van der Waals surface area (Å²) >= 11 is 6.72. The van der Waals surface area contributed by atoms with Crippen LogP contribution in [0, 0.1) is 24.0 Å². The fourth-order valence-corrected chi connectivity index (χ4v) is 4.25. The third-order valence-electron chi connectivity index (χ3n) is 4.43. The van der Waals surface area contributed by atoms with Gasteiger partial charge in [-0.3, -0.25) is 15.1 Å². The molecule has 10 heteroatoms. The largest absolute Gasteiger partial charge is 0.448 e. The molecule has 0 saturated carbocycles. The molecule has 0 aromatic heterocycles. The molecule has 0 atom stereocenters. The highest BCUT2D eigenvalue weighted by Crippen LogP contribution is 2.41. The fraction of sp³-hybridized carbons (Fsp3) is 0.136. The van der Waals surface area contributed by atoms with Crippen molar-refractivity contribution in [1.82, 2.24) is 0 Å². The van der Waals surface area contributed by atoms with Crippen LogP contribution in [0.1, 0.15) is 22.3 Å². The van der Waals surface area contributed by atoms with Crippen LogP contribution in [0.25, 0.3) is 0 Å². The molecule has 0 saturated heterocycles. The molecule has 3 aromatic carbocycles. The molecule has 32 heavy (non-hydrogen) atoms. The van der Waals surface area contributed by atoms with Crippen LogP contribution in [0.2, 0.25) is 0 Å². The van der Waals surface area contributed by atoms with Gasteiger partial charge in [-0.1, -0.05) is 33.6 Å². The molecule has 0 unspecified atom stereocenters. The van der Waals surface area contributed by atoms with E-state index >= 15 is 0 Å². The third-order valence-corrected chi connectivity index (χ3v) is 5.47. The predicted octanol–water partition coefficient (Wildman–Crippen LogP) is 8.30. The molecule has 0 N–H and O–H groups in total. The number of nitrogens with zero attached hydrogens (tertiary/aromatic N) is 2. The van der Waals surface area contributed by atoms with E-state index in [0.717, 1.165) is 28.9 Å². The Labute approximate surface area is 198 Å². The van der Waals surface area contributed by atoms with Gasteiger partial charge < -0.3 is 4.74 Å². The highest BCUT2D eigenvalue weighted by molar-refractivity contribution is 9.11. The predicted molar refractivity (Wildman–Crippen MR) is 123 cm³/mol. The number of alkyl halides is 3. The van der Waals surface area contributed by atoms with Crippen molar-refractivity contribution in [3.05, 3.63) is 89.8 Å². The monoisotopic (exact) mass is 570 g/mol. The number of aliphatic imine (C=N–C) groups is 1. The molecule has 0 aliphatic rings. The molecule has 0 aliphatic heterocycles. The summed E-state index contributed by atoms with van der Waals surface area (Å²) in [4.78, 5) is 15.0. The molecular weight excluding hydrogens is 557 g/mol. The van der Waals surface area contributed by atoms with Crippen molar-refractivity contribution in [1.29, 1.82) is 0 Å². The first kappa shape index (κ1) is 23.9. The SMILES string of the molecule is Cc1ccc(N=Cc2cc(Br)cc(Br)c2Oc2ccc(C(F)(F)F)cc2[N+](=O)[O-])c(C)c1. The molecular formula is C22H15Br2F3N2O3. The van der Waals surface area contributed by atoms with Gasteiger partial charge in [0.2, 0.25) is 5.75 Å². The number of hydrogen-bond acceptors (Lipinski definition) is 4. The molecule has 5 nitrogen and oxygen atoms in total. The van der Waals surface area contributed by atoms with Gasteiger partial charge in [-0.25, -0.2) is 0 Å².